The Morgan fingerprint density at radius 3 is 2.12 bits per heavy atom. The molecule has 2 aromatic rings. The number of benzene rings is 2. The summed E-state index contributed by atoms with van der Waals surface area (Å²) < 4.78 is 5.78. The Labute approximate surface area is 149 Å². The minimum Gasteiger partial charge on any atom is -0.481 e. The Bertz CT molecular complexity index is 702. The van der Waals surface area contributed by atoms with Crippen molar-refractivity contribution >= 4 is 17.5 Å². The number of carbonyl (C=O) groups excluding carboxylic acids is 1. The summed E-state index contributed by atoms with van der Waals surface area (Å²) in [5.41, 5.74) is 4.14. The maximum Gasteiger partial charge on any atom is 0.261 e. The zero-order valence-corrected chi connectivity index (χ0v) is 15.6. The molecule has 3 nitrogen and oxygen atoms in total. The summed E-state index contributed by atoms with van der Waals surface area (Å²) in [5.74, 6) is 0.508. The number of rotatable bonds is 5. The molecule has 0 saturated heterocycles. The zero-order valence-electron chi connectivity index (χ0n) is 14.8. The minimum atomic E-state index is -0.585. The Morgan fingerprint density at radius 2 is 1.58 bits per heavy atom. The highest BCUT2D eigenvalue weighted by molar-refractivity contribution is 6.32. The third-order valence-corrected chi connectivity index (χ3v) is 4.62. The van der Waals surface area contributed by atoms with Crippen LogP contribution in [0, 0.1) is 20.8 Å². The second-order valence-corrected chi connectivity index (χ2v) is 6.65. The molecule has 2 aromatic carbocycles. The lowest BCUT2D eigenvalue weighted by Gasteiger charge is -2.20. The smallest absolute Gasteiger partial charge is 0.261 e. The van der Waals surface area contributed by atoms with E-state index in [9.17, 15) is 4.79 Å². The van der Waals surface area contributed by atoms with Gasteiger partial charge >= 0.3 is 0 Å². The number of amides is 1. The molecule has 0 spiro atoms. The van der Waals surface area contributed by atoms with E-state index in [1.807, 2.05) is 64.1 Å². The van der Waals surface area contributed by atoms with E-state index in [1.165, 1.54) is 5.56 Å². The van der Waals surface area contributed by atoms with Crippen molar-refractivity contribution in [2.24, 2.45) is 0 Å². The molecular formula is C20H24ClNO2. The van der Waals surface area contributed by atoms with Gasteiger partial charge in [-0.2, -0.15) is 0 Å². The maximum atomic E-state index is 12.4. The first-order chi connectivity index (χ1) is 11.3. The summed E-state index contributed by atoms with van der Waals surface area (Å²) in [6, 6.07) is 11.8. The molecule has 0 aliphatic carbocycles. The fourth-order valence-corrected chi connectivity index (χ4v) is 2.61. The van der Waals surface area contributed by atoms with Crippen molar-refractivity contribution in [1.82, 2.24) is 5.32 Å². The Hall–Kier alpha value is -2.00. The molecule has 0 heterocycles. The van der Waals surface area contributed by atoms with Gasteiger partial charge < -0.3 is 10.1 Å². The third-order valence-electron chi connectivity index (χ3n) is 4.03. The van der Waals surface area contributed by atoms with Gasteiger partial charge in [0.25, 0.3) is 5.91 Å². The molecule has 0 saturated carbocycles. The summed E-state index contributed by atoms with van der Waals surface area (Å²) in [4.78, 5) is 12.4. The maximum absolute atomic E-state index is 12.4. The lowest BCUT2D eigenvalue weighted by atomic mass is 10.1. The van der Waals surface area contributed by atoms with E-state index < -0.39 is 6.10 Å². The molecule has 2 atom stereocenters. The number of hydrogen-bond acceptors (Lipinski definition) is 2. The van der Waals surface area contributed by atoms with Crippen LogP contribution in [0.25, 0.3) is 0 Å². The number of ether oxygens (including phenoxy) is 1. The predicted octanol–water partition coefficient (Wildman–Crippen LogP) is 4.91. The van der Waals surface area contributed by atoms with Gasteiger partial charge in [-0.15, -0.1) is 0 Å². The first-order valence-electron chi connectivity index (χ1n) is 8.08. The van der Waals surface area contributed by atoms with Crippen LogP contribution in [-0.4, -0.2) is 12.0 Å². The average molecular weight is 346 g/mol. The standard InChI is InChI=1S/C20H24ClNO2/c1-12-6-8-17(9-7-12)15(4)22-20(23)16(5)24-18-10-13(2)19(21)14(3)11-18/h6-11,15-16H,1-5H3,(H,22,23). The number of hydrogen-bond donors (Lipinski definition) is 1. The molecule has 0 bridgehead atoms. The molecular weight excluding hydrogens is 322 g/mol. The van der Waals surface area contributed by atoms with Crippen molar-refractivity contribution in [1.29, 1.82) is 0 Å². The van der Waals surface area contributed by atoms with Gasteiger partial charge in [-0.1, -0.05) is 41.4 Å². The second kappa shape index (κ2) is 7.71. The molecule has 1 N–H and O–H groups in total. The van der Waals surface area contributed by atoms with E-state index >= 15 is 0 Å². The van der Waals surface area contributed by atoms with Crippen molar-refractivity contribution in [3.05, 3.63) is 63.7 Å². The summed E-state index contributed by atoms with van der Waals surface area (Å²) in [6.45, 7) is 9.60. The quantitative estimate of drug-likeness (QED) is 0.836. The number of halogens is 1. The van der Waals surface area contributed by atoms with E-state index in [2.05, 4.69) is 5.32 Å². The zero-order chi connectivity index (χ0) is 17.9. The fourth-order valence-electron chi connectivity index (χ4n) is 2.50. The molecule has 0 aliphatic heterocycles. The normalized spacial score (nSPS) is 13.2. The molecule has 24 heavy (non-hydrogen) atoms. The lowest BCUT2D eigenvalue weighted by Crippen LogP contribution is -2.37. The number of nitrogens with one attached hydrogen (secondary N) is 1. The average Bonchev–Trinajstić information content (AvgIpc) is 2.52. The lowest BCUT2D eigenvalue weighted by molar-refractivity contribution is -0.127. The van der Waals surface area contributed by atoms with Crippen LogP contribution < -0.4 is 10.1 Å². The predicted molar refractivity (Wildman–Crippen MR) is 98.8 cm³/mol. The van der Waals surface area contributed by atoms with Gasteiger partial charge in [0.1, 0.15) is 5.75 Å². The van der Waals surface area contributed by atoms with Gasteiger partial charge in [0.2, 0.25) is 0 Å². The van der Waals surface area contributed by atoms with Crippen molar-refractivity contribution in [2.45, 2.75) is 46.8 Å². The minimum absolute atomic E-state index is 0.0714. The summed E-state index contributed by atoms with van der Waals surface area (Å²) in [7, 11) is 0. The van der Waals surface area contributed by atoms with E-state index in [-0.39, 0.29) is 11.9 Å². The highest BCUT2D eigenvalue weighted by atomic mass is 35.5. The SMILES string of the molecule is Cc1ccc(C(C)NC(=O)C(C)Oc2cc(C)c(Cl)c(C)c2)cc1. The van der Waals surface area contributed by atoms with Gasteiger partial charge in [-0.25, -0.2) is 0 Å². The van der Waals surface area contributed by atoms with Crippen molar-refractivity contribution in [3.63, 3.8) is 0 Å². The van der Waals surface area contributed by atoms with E-state index in [0.29, 0.717) is 5.75 Å². The Morgan fingerprint density at radius 1 is 1.04 bits per heavy atom. The van der Waals surface area contributed by atoms with E-state index in [1.54, 1.807) is 6.92 Å². The molecule has 2 rings (SSSR count). The van der Waals surface area contributed by atoms with Gasteiger partial charge in [0.05, 0.1) is 6.04 Å². The molecule has 1 amide bonds. The van der Waals surface area contributed by atoms with E-state index in [4.69, 9.17) is 16.3 Å². The molecule has 4 heteroatoms. The Balaban J connectivity index is 2.00. The van der Waals surface area contributed by atoms with Gasteiger partial charge in [0.15, 0.2) is 6.10 Å². The second-order valence-electron chi connectivity index (χ2n) is 6.27. The largest absolute Gasteiger partial charge is 0.481 e. The molecule has 128 valence electrons. The summed E-state index contributed by atoms with van der Waals surface area (Å²) in [6.07, 6.45) is -0.585. The summed E-state index contributed by atoms with van der Waals surface area (Å²) in [5, 5.41) is 3.72. The highest BCUT2D eigenvalue weighted by Crippen LogP contribution is 2.26. The van der Waals surface area contributed by atoms with Crippen molar-refractivity contribution in [2.75, 3.05) is 0 Å². The van der Waals surface area contributed by atoms with Crippen LogP contribution in [0.3, 0.4) is 0 Å². The van der Waals surface area contributed by atoms with Crippen LogP contribution in [0.2, 0.25) is 5.02 Å². The van der Waals surface area contributed by atoms with Crippen LogP contribution >= 0.6 is 11.6 Å². The van der Waals surface area contributed by atoms with Crippen LogP contribution in [0.15, 0.2) is 36.4 Å². The highest BCUT2D eigenvalue weighted by Gasteiger charge is 2.18. The monoisotopic (exact) mass is 345 g/mol. The van der Waals surface area contributed by atoms with Crippen LogP contribution in [0.4, 0.5) is 0 Å². The van der Waals surface area contributed by atoms with Crippen molar-refractivity contribution in [3.8, 4) is 5.75 Å². The fraction of sp³-hybridized carbons (Fsp3) is 0.350. The summed E-state index contributed by atoms with van der Waals surface area (Å²) >= 11 is 6.16. The van der Waals surface area contributed by atoms with Gasteiger partial charge in [-0.05, 0) is 63.4 Å². The first kappa shape index (κ1) is 18.3. The molecule has 0 fully saturated rings. The molecule has 2 unspecified atom stereocenters. The van der Waals surface area contributed by atoms with Crippen molar-refractivity contribution < 1.29 is 9.53 Å². The van der Waals surface area contributed by atoms with Crippen LogP contribution in [-0.2, 0) is 4.79 Å². The van der Waals surface area contributed by atoms with Gasteiger partial charge in [-0.3, -0.25) is 4.79 Å². The third kappa shape index (κ3) is 4.51. The molecule has 0 radical (unpaired) electrons. The van der Waals surface area contributed by atoms with E-state index in [0.717, 1.165) is 21.7 Å². The van der Waals surface area contributed by atoms with Crippen LogP contribution in [0.5, 0.6) is 5.75 Å². The molecule has 0 aromatic heterocycles. The topological polar surface area (TPSA) is 38.3 Å². The molecule has 0 aliphatic rings. The number of carbonyl (C=O) groups is 1. The van der Waals surface area contributed by atoms with Crippen LogP contribution in [0.1, 0.15) is 42.1 Å². The number of aryl methyl sites for hydroxylation is 3. The van der Waals surface area contributed by atoms with Gasteiger partial charge in [0, 0.05) is 5.02 Å². The first-order valence-corrected chi connectivity index (χ1v) is 8.46. The Kier molecular flexibility index (Phi) is 5.89.